The summed E-state index contributed by atoms with van der Waals surface area (Å²) in [4.78, 5) is 15.1. The molecule has 0 aliphatic carbocycles. The number of benzene rings is 1. The zero-order chi connectivity index (χ0) is 14.7. The van der Waals surface area contributed by atoms with Gasteiger partial charge in [0.15, 0.2) is 11.5 Å². The first kappa shape index (κ1) is 14.3. The minimum absolute atomic E-state index is 0.322. The molecule has 1 atom stereocenters. The van der Waals surface area contributed by atoms with Gasteiger partial charge in [-0.2, -0.15) is 0 Å². The molecule has 7 heteroatoms. The van der Waals surface area contributed by atoms with Crippen molar-refractivity contribution < 1.29 is 19.4 Å². The molecule has 0 bridgehead atoms. The summed E-state index contributed by atoms with van der Waals surface area (Å²) in [5, 5.41) is 11.2. The van der Waals surface area contributed by atoms with Crippen LogP contribution in [0.25, 0.3) is 10.6 Å². The van der Waals surface area contributed by atoms with Gasteiger partial charge in [-0.15, -0.1) is 11.3 Å². The molecule has 0 aliphatic rings. The molecule has 2 rings (SSSR count). The first-order valence-electron chi connectivity index (χ1n) is 5.73. The van der Waals surface area contributed by atoms with E-state index < -0.39 is 12.0 Å². The molecule has 0 amide bonds. The highest BCUT2D eigenvalue weighted by Gasteiger charge is 2.20. The second kappa shape index (κ2) is 5.89. The Labute approximate surface area is 119 Å². The van der Waals surface area contributed by atoms with E-state index in [0.717, 1.165) is 5.56 Å². The molecule has 0 aliphatic heterocycles. The fraction of sp³-hybridized carbons (Fsp3) is 0.231. The number of carboxylic acids is 1. The quantitative estimate of drug-likeness (QED) is 0.874. The SMILES string of the molecule is COc1cccc(-c2nc(C(N)C(=O)O)cs2)c1OC. The van der Waals surface area contributed by atoms with E-state index in [-0.39, 0.29) is 0 Å². The lowest BCUT2D eigenvalue weighted by Crippen LogP contribution is -2.20. The van der Waals surface area contributed by atoms with Crippen LogP contribution in [0.4, 0.5) is 0 Å². The lowest BCUT2D eigenvalue weighted by atomic mass is 10.2. The van der Waals surface area contributed by atoms with Crippen LogP contribution in [-0.4, -0.2) is 30.3 Å². The van der Waals surface area contributed by atoms with Crippen LogP contribution >= 0.6 is 11.3 Å². The first-order chi connectivity index (χ1) is 9.58. The van der Waals surface area contributed by atoms with Crippen LogP contribution in [0.1, 0.15) is 11.7 Å². The van der Waals surface area contributed by atoms with Crippen LogP contribution in [0, 0.1) is 0 Å². The van der Waals surface area contributed by atoms with Crippen LogP contribution < -0.4 is 15.2 Å². The summed E-state index contributed by atoms with van der Waals surface area (Å²) in [7, 11) is 3.09. The number of nitrogens with two attached hydrogens (primary N) is 1. The molecule has 0 fully saturated rings. The first-order valence-corrected chi connectivity index (χ1v) is 6.61. The van der Waals surface area contributed by atoms with E-state index in [1.54, 1.807) is 25.7 Å². The molecule has 0 spiro atoms. The molecule has 106 valence electrons. The van der Waals surface area contributed by atoms with Gasteiger partial charge < -0.3 is 20.3 Å². The van der Waals surface area contributed by atoms with Gasteiger partial charge in [0.1, 0.15) is 11.0 Å². The van der Waals surface area contributed by atoms with E-state index in [9.17, 15) is 4.79 Å². The van der Waals surface area contributed by atoms with E-state index in [0.29, 0.717) is 22.2 Å². The van der Waals surface area contributed by atoms with E-state index in [4.69, 9.17) is 20.3 Å². The third-order valence-electron chi connectivity index (χ3n) is 2.74. The lowest BCUT2D eigenvalue weighted by Gasteiger charge is -2.10. The minimum atomic E-state index is -1.13. The maximum atomic E-state index is 10.9. The molecule has 2 aromatic rings. The highest BCUT2D eigenvalue weighted by molar-refractivity contribution is 7.13. The number of nitrogens with zero attached hydrogens (tertiary/aromatic N) is 1. The molecular formula is C13H14N2O4S. The van der Waals surface area contributed by atoms with Gasteiger partial charge in [-0.05, 0) is 12.1 Å². The van der Waals surface area contributed by atoms with Gasteiger partial charge in [-0.3, -0.25) is 4.79 Å². The number of hydrogen-bond acceptors (Lipinski definition) is 6. The Morgan fingerprint density at radius 3 is 2.75 bits per heavy atom. The molecule has 1 unspecified atom stereocenters. The normalized spacial score (nSPS) is 11.9. The van der Waals surface area contributed by atoms with Crippen molar-refractivity contribution in [1.82, 2.24) is 4.98 Å². The van der Waals surface area contributed by atoms with Gasteiger partial charge >= 0.3 is 5.97 Å². The molecule has 1 aromatic carbocycles. The van der Waals surface area contributed by atoms with E-state index >= 15 is 0 Å². The van der Waals surface area contributed by atoms with Crippen molar-refractivity contribution >= 4 is 17.3 Å². The van der Waals surface area contributed by atoms with Gasteiger partial charge in [-0.1, -0.05) is 6.07 Å². The zero-order valence-corrected chi connectivity index (χ0v) is 11.8. The number of aromatic nitrogens is 1. The maximum Gasteiger partial charge on any atom is 0.326 e. The Kier molecular flexibility index (Phi) is 4.21. The van der Waals surface area contributed by atoms with Crippen molar-refractivity contribution in [2.24, 2.45) is 5.73 Å². The third kappa shape index (κ3) is 2.59. The molecule has 1 aromatic heterocycles. The predicted molar refractivity (Wildman–Crippen MR) is 75.2 cm³/mol. The molecule has 3 N–H and O–H groups in total. The molecule has 6 nitrogen and oxygen atoms in total. The Bertz CT molecular complexity index is 627. The molecule has 0 saturated heterocycles. The zero-order valence-electron chi connectivity index (χ0n) is 11.0. The summed E-state index contributed by atoms with van der Waals surface area (Å²) in [5.74, 6) is 0.0311. The van der Waals surface area contributed by atoms with Gasteiger partial charge in [0.25, 0.3) is 0 Å². The van der Waals surface area contributed by atoms with Crippen LogP contribution in [0.2, 0.25) is 0 Å². The summed E-state index contributed by atoms with van der Waals surface area (Å²) < 4.78 is 10.6. The Hall–Kier alpha value is -2.12. The lowest BCUT2D eigenvalue weighted by molar-refractivity contribution is -0.138. The standard InChI is InChI=1S/C13H14N2O4S/c1-18-9-5-3-4-7(11(9)19-2)12-15-8(6-20-12)10(14)13(16)17/h3-6,10H,14H2,1-2H3,(H,16,17). The Morgan fingerprint density at radius 2 is 2.15 bits per heavy atom. The number of rotatable bonds is 5. The summed E-state index contributed by atoms with van der Waals surface area (Å²) in [6.45, 7) is 0. The number of methoxy groups -OCH3 is 2. The van der Waals surface area contributed by atoms with Crippen LogP contribution in [-0.2, 0) is 4.79 Å². The monoisotopic (exact) mass is 294 g/mol. The topological polar surface area (TPSA) is 94.7 Å². The van der Waals surface area contributed by atoms with Gasteiger partial charge in [-0.25, -0.2) is 4.98 Å². The molecule has 0 radical (unpaired) electrons. The number of ether oxygens (including phenoxy) is 2. The van der Waals surface area contributed by atoms with Crippen molar-refractivity contribution in [2.75, 3.05) is 14.2 Å². The highest BCUT2D eigenvalue weighted by Crippen LogP contribution is 2.39. The minimum Gasteiger partial charge on any atom is -0.493 e. The molecule has 1 heterocycles. The van der Waals surface area contributed by atoms with E-state index in [2.05, 4.69) is 4.98 Å². The van der Waals surface area contributed by atoms with E-state index in [1.807, 2.05) is 12.1 Å². The number of hydrogen-bond donors (Lipinski definition) is 2. The number of aliphatic carboxylic acids is 1. The van der Waals surface area contributed by atoms with Crippen molar-refractivity contribution in [3.63, 3.8) is 0 Å². The van der Waals surface area contributed by atoms with Gasteiger partial charge in [0.2, 0.25) is 0 Å². The number of para-hydroxylation sites is 1. The predicted octanol–water partition coefficient (Wildman–Crippen LogP) is 1.91. The Balaban J connectivity index is 2.45. The van der Waals surface area contributed by atoms with Crippen molar-refractivity contribution in [2.45, 2.75) is 6.04 Å². The summed E-state index contributed by atoms with van der Waals surface area (Å²) in [6.07, 6.45) is 0. The largest absolute Gasteiger partial charge is 0.493 e. The summed E-state index contributed by atoms with van der Waals surface area (Å²) in [5.41, 5.74) is 6.60. The summed E-state index contributed by atoms with van der Waals surface area (Å²) in [6, 6.07) is 4.29. The second-order valence-corrected chi connectivity index (χ2v) is 4.79. The molecular weight excluding hydrogens is 280 g/mol. The number of carbonyl (C=O) groups is 1. The summed E-state index contributed by atoms with van der Waals surface area (Å²) >= 11 is 1.31. The number of carboxylic acid groups (broad SMARTS) is 1. The van der Waals surface area contributed by atoms with Gasteiger partial charge in [0.05, 0.1) is 25.5 Å². The fourth-order valence-corrected chi connectivity index (χ4v) is 2.61. The van der Waals surface area contributed by atoms with Gasteiger partial charge in [0, 0.05) is 5.38 Å². The highest BCUT2D eigenvalue weighted by atomic mass is 32.1. The average Bonchev–Trinajstić information content (AvgIpc) is 2.94. The molecule has 20 heavy (non-hydrogen) atoms. The number of thiazole rings is 1. The maximum absolute atomic E-state index is 10.9. The van der Waals surface area contributed by atoms with Crippen molar-refractivity contribution in [3.05, 3.63) is 29.3 Å². The van der Waals surface area contributed by atoms with Crippen molar-refractivity contribution in [3.8, 4) is 22.1 Å². The van der Waals surface area contributed by atoms with E-state index in [1.165, 1.54) is 11.3 Å². The van der Waals surface area contributed by atoms with Crippen molar-refractivity contribution in [1.29, 1.82) is 0 Å². The Morgan fingerprint density at radius 1 is 1.40 bits per heavy atom. The van der Waals surface area contributed by atoms with Crippen LogP contribution in [0.15, 0.2) is 23.6 Å². The third-order valence-corrected chi connectivity index (χ3v) is 3.63. The average molecular weight is 294 g/mol. The molecule has 0 saturated carbocycles. The van der Waals surface area contributed by atoms with Crippen LogP contribution in [0.3, 0.4) is 0 Å². The smallest absolute Gasteiger partial charge is 0.326 e. The van der Waals surface area contributed by atoms with Crippen LogP contribution in [0.5, 0.6) is 11.5 Å². The fourth-order valence-electron chi connectivity index (χ4n) is 1.73. The second-order valence-electron chi connectivity index (χ2n) is 3.93.